The average molecular weight is 239 g/mol. The Bertz CT molecular complexity index is 373. The smallest absolute Gasteiger partial charge is 0.133 e. The minimum atomic E-state index is 0.393. The van der Waals surface area contributed by atoms with Gasteiger partial charge in [0.2, 0.25) is 0 Å². The lowest BCUT2D eigenvalue weighted by Crippen LogP contribution is -2.43. The van der Waals surface area contributed by atoms with Crippen molar-refractivity contribution in [1.29, 1.82) is 0 Å². The van der Waals surface area contributed by atoms with Gasteiger partial charge in [-0.05, 0) is 18.9 Å². The van der Waals surface area contributed by atoms with E-state index in [1.54, 1.807) is 0 Å². The van der Waals surface area contributed by atoms with Gasteiger partial charge in [-0.3, -0.25) is 0 Å². The van der Waals surface area contributed by atoms with E-state index in [-0.39, 0.29) is 0 Å². The van der Waals surface area contributed by atoms with E-state index >= 15 is 0 Å². The Kier molecular flexibility index (Phi) is 2.74. The van der Waals surface area contributed by atoms with Crippen molar-refractivity contribution >= 4 is 17.4 Å². The summed E-state index contributed by atoms with van der Waals surface area (Å²) < 4.78 is 5.82. The number of aromatic nitrogens is 1. The molecule has 86 valence electrons. The molecule has 1 aromatic rings. The number of nitrogens with zero attached hydrogens (tertiary/aromatic N) is 2. The van der Waals surface area contributed by atoms with Crippen molar-refractivity contribution in [1.82, 2.24) is 4.98 Å². The van der Waals surface area contributed by atoms with Crippen molar-refractivity contribution in [3.8, 4) is 0 Å². The largest absolute Gasteiger partial charge is 0.371 e. The number of hydrogen-bond acceptors (Lipinski definition) is 3. The van der Waals surface area contributed by atoms with Gasteiger partial charge in [0.05, 0.1) is 18.1 Å². The molecule has 0 radical (unpaired) electrons. The highest BCUT2D eigenvalue weighted by Gasteiger charge is 2.34. The zero-order valence-electron chi connectivity index (χ0n) is 9.10. The molecular weight excluding hydrogens is 224 g/mol. The van der Waals surface area contributed by atoms with Crippen LogP contribution in [0.5, 0.6) is 0 Å². The highest BCUT2D eigenvalue weighted by molar-refractivity contribution is 6.17. The summed E-state index contributed by atoms with van der Waals surface area (Å²) in [7, 11) is 0. The fraction of sp³-hybridized carbons (Fsp3) is 0.583. The van der Waals surface area contributed by atoms with E-state index in [2.05, 4.69) is 9.88 Å². The fourth-order valence-electron chi connectivity index (χ4n) is 2.61. The third kappa shape index (κ3) is 1.78. The molecule has 2 aliphatic heterocycles. The lowest BCUT2D eigenvalue weighted by Gasteiger charge is -2.33. The predicted octanol–water partition coefficient (Wildman–Crippen LogP) is 2.19. The van der Waals surface area contributed by atoms with Gasteiger partial charge in [0.1, 0.15) is 5.82 Å². The highest BCUT2D eigenvalue weighted by Crippen LogP contribution is 2.30. The van der Waals surface area contributed by atoms with Crippen LogP contribution in [0.4, 0.5) is 5.82 Å². The van der Waals surface area contributed by atoms with Crippen molar-refractivity contribution in [3.05, 3.63) is 23.9 Å². The standard InChI is InChI=1S/C12H15ClN2O/c13-6-9-2-1-5-14-12(9)15-7-10-3-4-11(8-15)16-10/h1-2,5,10-11H,3-4,6-8H2. The molecule has 16 heavy (non-hydrogen) atoms. The van der Waals surface area contributed by atoms with Crippen molar-refractivity contribution in [3.63, 3.8) is 0 Å². The molecule has 2 atom stereocenters. The van der Waals surface area contributed by atoms with Crippen molar-refractivity contribution in [2.45, 2.75) is 30.9 Å². The maximum Gasteiger partial charge on any atom is 0.133 e. The first-order chi connectivity index (χ1) is 7.86. The molecule has 2 unspecified atom stereocenters. The van der Waals surface area contributed by atoms with Gasteiger partial charge < -0.3 is 9.64 Å². The lowest BCUT2D eigenvalue weighted by atomic mass is 10.2. The van der Waals surface area contributed by atoms with E-state index in [1.165, 1.54) is 12.8 Å². The van der Waals surface area contributed by atoms with Crippen molar-refractivity contribution < 1.29 is 4.74 Å². The Morgan fingerprint density at radius 2 is 2.12 bits per heavy atom. The van der Waals surface area contributed by atoms with E-state index < -0.39 is 0 Å². The van der Waals surface area contributed by atoms with E-state index in [0.29, 0.717) is 18.1 Å². The number of morpholine rings is 1. The molecule has 0 saturated carbocycles. The summed E-state index contributed by atoms with van der Waals surface area (Å²) >= 11 is 5.94. The van der Waals surface area contributed by atoms with Gasteiger partial charge in [0.25, 0.3) is 0 Å². The normalized spacial score (nSPS) is 28.4. The van der Waals surface area contributed by atoms with E-state index in [1.807, 2.05) is 18.3 Å². The quantitative estimate of drug-likeness (QED) is 0.739. The summed E-state index contributed by atoms with van der Waals surface area (Å²) in [6.45, 7) is 1.91. The average Bonchev–Trinajstić information content (AvgIpc) is 2.68. The van der Waals surface area contributed by atoms with Crippen LogP contribution in [0.15, 0.2) is 18.3 Å². The highest BCUT2D eigenvalue weighted by atomic mass is 35.5. The molecule has 2 bridgehead atoms. The molecule has 3 nitrogen and oxygen atoms in total. The van der Waals surface area contributed by atoms with Crippen LogP contribution in [0.1, 0.15) is 18.4 Å². The lowest BCUT2D eigenvalue weighted by molar-refractivity contribution is 0.0302. The maximum absolute atomic E-state index is 5.94. The number of pyridine rings is 1. The van der Waals surface area contributed by atoms with Gasteiger partial charge in [-0.1, -0.05) is 6.07 Å². The van der Waals surface area contributed by atoms with Crippen LogP contribution in [-0.4, -0.2) is 30.3 Å². The Balaban J connectivity index is 1.86. The van der Waals surface area contributed by atoms with Crippen molar-refractivity contribution in [2.75, 3.05) is 18.0 Å². The Hall–Kier alpha value is -0.800. The maximum atomic E-state index is 5.94. The number of rotatable bonds is 2. The molecule has 0 aromatic carbocycles. The Morgan fingerprint density at radius 3 is 2.81 bits per heavy atom. The van der Waals surface area contributed by atoms with Crippen LogP contribution < -0.4 is 4.90 Å². The molecule has 0 N–H and O–H groups in total. The summed E-state index contributed by atoms with van der Waals surface area (Å²) in [4.78, 5) is 6.78. The van der Waals surface area contributed by atoms with Gasteiger partial charge in [-0.15, -0.1) is 11.6 Å². The summed E-state index contributed by atoms with van der Waals surface area (Å²) in [6, 6.07) is 3.99. The second kappa shape index (κ2) is 4.22. The third-order valence-electron chi connectivity index (χ3n) is 3.35. The molecule has 2 saturated heterocycles. The minimum Gasteiger partial charge on any atom is -0.371 e. The zero-order valence-corrected chi connectivity index (χ0v) is 9.86. The van der Waals surface area contributed by atoms with Crippen LogP contribution in [0.2, 0.25) is 0 Å². The molecule has 2 aliphatic rings. The van der Waals surface area contributed by atoms with Crippen LogP contribution in [0, 0.1) is 0 Å². The van der Waals surface area contributed by atoms with E-state index in [0.717, 1.165) is 24.5 Å². The molecule has 0 spiro atoms. The predicted molar refractivity (Wildman–Crippen MR) is 63.9 cm³/mol. The summed E-state index contributed by atoms with van der Waals surface area (Å²) in [5.74, 6) is 1.56. The summed E-state index contributed by atoms with van der Waals surface area (Å²) in [5, 5.41) is 0. The van der Waals surface area contributed by atoms with Gasteiger partial charge in [0, 0.05) is 24.8 Å². The van der Waals surface area contributed by atoms with Crippen molar-refractivity contribution in [2.24, 2.45) is 0 Å². The fourth-order valence-corrected chi connectivity index (χ4v) is 2.82. The topological polar surface area (TPSA) is 25.4 Å². The first kappa shape index (κ1) is 10.4. The molecule has 2 fully saturated rings. The monoisotopic (exact) mass is 238 g/mol. The molecule has 3 rings (SSSR count). The number of halogens is 1. The third-order valence-corrected chi connectivity index (χ3v) is 3.64. The number of anilines is 1. The Labute approximate surface area is 100 Å². The van der Waals surface area contributed by atoms with Crippen LogP contribution >= 0.6 is 11.6 Å². The SMILES string of the molecule is ClCc1cccnc1N1CC2CCC(C1)O2. The number of alkyl halides is 1. The van der Waals surface area contributed by atoms with E-state index in [9.17, 15) is 0 Å². The first-order valence-corrected chi connectivity index (χ1v) is 6.30. The van der Waals surface area contributed by atoms with Crippen LogP contribution in [0.25, 0.3) is 0 Å². The molecule has 0 amide bonds. The second-order valence-electron chi connectivity index (χ2n) is 4.48. The van der Waals surface area contributed by atoms with Crippen LogP contribution in [-0.2, 0) is 10.6 Å². The Morgan fingerprint density at radius 1 is 1.38 bits per heavy atom. The number of hydrogen-bond donors (Lipinski definition) is 0. The van der Waals surface area contributed by atoms with Gasteiger partial charge in [-0.2, -0.15) is 0 Å². The van der Waals surface area contributed by atoms with Gasteiger partial charge in [-0.25, -0.2) is 4.98 Å². The van der Waals surface area contributed by atoms with Crippen LogP contribution in [0.3, 0.4) is 0 Å². The van der Waals surface area contributed by atoms with Gasteiger partial charge in [0.15, 0.2) is 0 Å². The summed E-state index contributed by atoms with van der Waals surface area (Å²) in [5.41, 5.74) is 1.12. The molecule has 1 aromatic heterocycles. The molecule has 0 aliphatic carbocycles. The first-order valence-electron chi connectivity index (χ1n) is 5.77. The summed E-state index contributed by atoms with van der Waals surface area (Å²) in [6.07, 6.45) is 4.99. The molecular formula is C12H15ClN2O. The second-order valence-corrected chi connectivity index (χ2v) is 4.75. The minimum absolute atomic E-state index is 0.393. The zero-order chi connectivity index (χ0) is 11.0. The molecule has 4 heteroatoms. The number of ether oxygens (including phenoxy) is 1. The van der Waals surface area contributed by atoms with E-state index in [4.69, 9.17) is 16.3 Å². The molecule has 3 heterocycles. The number of fused-ring (bicyclic) bond motifs is 2. The van der Waals surface area contributed by atoms with Gasteiger partial charge >= 0.3 is 0 Å².